The zero-order valence-electron chi connectivity index (χ0n) is 16.5. The second kappa shape index (κ2) is 10.1. The van der Waals surface area contributed by atoms with E-state index in [0.717, 1.165) is 18.2 Å². The van der Waals surface area contributed by atoms with Gasteiger partial charge in [-0.3, -0.25) is 25.0 Å². The number of hydrogen-bond acceptors (Lipinski definition) is 8. The van der Waals surface area contributed by atoms with Crippen LogP contribution in [0.3, 0.4) is 0 Å². The van der Waals surface area contributed by atoms with Crippen LogP contribution in [-0.4, -0.2) is 27.9 Å². The number of nitro groups is 2. The Bertz CT molecular complexity index is 1260. The number of carbonyl (C=O) groups excluding carboxylic acids is 2. The highest BCUT2D eigenvalue weighted by atomic mass is 35.5. The van der Waals surface area contributed by atoms with Gasteiger partial charge >= 0.3 is 5.97 Å². The van der Waals surface area contributed by atoms with Gasteiger partial charge < -0.3 is 4.74 Å². The van der Waals surface area contributed by atoms with Crippen LogP contribution >= 0.6 is 11.6 Å². The zero-order chi connectivity index (χ0) is 24.0. The van der Waals surface area contributed by atoms with Crippen molar-refractivity contribution in [1.82, 2.24) is 5.43 Å². The first-order valence-electron chi connectivity index (χ1n) is 9.08. The van der Waals surface area contributed by atoms with Crippen LogP contribution in [0.15, 0.2) is 71.8 Å². The molecule has 0 spiro atoms. The van der Waals surface area contributed by atoms with E-state index in [4.69, 9.17) is 16.3 Å². The first-order chi connectivity index (χ1) is 15.7. The fourth-order valence-electron chi connectivity index (χ4n) is 2.61. The van der Waals surface area contributed by atoms with Crippen molar-refractivity contribution >= 4 is 41.1 Å². The van der Waals surface area contributed by atoms with E-state index >= 15 is 0 Å². The molecule has 0 aromatic heterocycles. The molecular formula is C21H13ClN4O7. The second-order valence-corrected chi connectivity index (χ2v) is 6.80. The molecule has 33 heavy (non-hydrogen) atoms. The molecule has 0 bridgehead atoms. The fraction of sp³-hybridized carbons (Fsp3) is 0. The Balaban J connectivity index is 1.70. The van der Waals surface area contributed by atoms with Gasteiger partial charge in [0.05, 0.1) is 38.3 Å². The van der Waals surface area contributed by atoms with E-state index in [1.54, 1.807) is 30.3 Å². The molecule has 0 fully saturated rings. The SMILES string of the molecule is O=C(NN=Cc1cccc(OC(=O)c2ccccc2Cl)c1)c1cc([N+](=O)[O-])cc([N+](=O)[O-])c1. The van der Waals surface area contributed by atoms with Crippen molar-refractivity contribution in [3.05, 3.63) is 109 Å². The molecule has 0 unspecified atom stereocenters. The number of benzene rings is 3. The number of hydrogen-bond donors (Lipinski definition) is 1. The minimum atomic E-state index is -0.889. The van der Waals surface area contributed by atoms with Gasteiger partial charge in [0.2, 0.25) is 0 Å². The number of rotatable bonds is 7. The maximum Gasteiger partial charge on any atom is 0.345 e. The Kier molecular flexibility index (Phi) is 7.06. The van der Waals surface area contributed by atoms with E-state index in [9.17, 15) is 29.8 Å². The molecule has 0 aliphatic rings. The zero-order valence-corrected chi connectivity index (χ0v) is 17.3. The van der Waals surface area contributed by atoms with Gasteiger partial charge in [-0.2, -0.15) is 5.10 Å². The third-order valence-electron chi connectivity index (χ3n) is 4.13. The van der Waals surface area contributed by atoms with Gasteiger partial charge in [-0.05, 0) is 29.8 Å². The van der Waals surface area contributed by atoms with Crippen LogP contribution in [0.1, 0.15) is 26.3 Å². The van der Waals surface area contributed by atoms with Crippen molar-refractivity contribution in [1.29, 1.82) is 0 Å². The normalized spacial score (nSPS) is 10.6. The van der Waals surface area contributed by atoms with Crippen molar-refractivity contribution in [3.63, 3.8) is 0 Å². The Hall–Kier alpha value is -4.64. The Morgan fingerprint density at radius 1 is 0.939 bits per heavy atom. The van der Waals surface area contributed by atoms with E-state index in [2.05, 4.69) is 10.5 Å². The molecule has 0 aliphatic heterocycles. The maximum absolute atomic E-state index is 12.3. The molecule has 11 nitrogen and oxygen atoms in total. The van der Waals surface area contributed by atoms with E-state index in [-0.39, 0.29) is 21.9 Å². The predicted octanol–water partition coefficient (Wildman–Crippen LogP) is 4.14. The van der Waals surface area contributed by atoms with Crippen LogP contribution in [0.2, 0.25) is 5.02 Å². The largest absolute Gasteiger partial charge is 0.423 e. The standard InChI is InChI=1S/C21H13ClN4O7/c22-19-7-2-1-6-18(19)21(28)33-17-5-3-4-13(8-17)12-23-24-20(27)14-9-15(25(29)30)11-16(10-14)26(31)32/h1-12H,(H,24,27). The number of carbonyl (C=O) groups is 2. The number of nitrogens with zero attached hydrogens (tertiary/aromatic N) is 3. The topological polar surface area (TPSA) is 154 Å². The summed E-state index contributed by atoms with van der Waals surface area (Å²) in [6, 6.07) is 15.1. The Morgan fingerprint density at radius 3 is 2.24 bits per heavy atom. The average Bonchev–Trinajstić information content (AvgIpc) is 2.79. The third-order valence-corrected chi connectivity index (χ3v) is 4.46. The lowest BCUT2D eigenvalue weighted by Gasteiger charge is -2.06. The summed E-state index contributed by atoms with van der Waals surface area (Å²) in [5.74, 6) is -1.35. The molecule has 0 saturated heterocycles. The van der Waals surface area contributed by atoms with E-state index in [1.807, 2.05) is 0 Å². The summed E-state index contributed by atoms with van der Waals surface area (Å²) in [4.78, 5) is 44.7. The molecule has 0 radical (unpaired) electrons. The summed E-state index contributed by atoms with van der Waals surface area (Å²) < 4.78 is 5.29. The predicted molar refractivity (Wildman–Crippen MR) is 118 cm³/mol. The molecule has 12 heteroatoms. The molecule has 1 amide bonds. The number of nitro benzene ring substituents is 2. The molecule has 1 N–H and O–H groups in total. The molecule has 0 atom stereocenters. The summed E-state index contributed by atoms with van der Waals surface area (Å²) in [5.41, 5.74) is 1.25. The first kappa shape index (κ1) is 23.0. The molecule has 3 aromatic carbocycles. The van der Waals surface area contributed by atoms with Gasteiger partial charge in [0, 0.05) is 12.1 Å². The van der Waals surface area contributed by atoms with Crippen molar-refractivity contribution in [3.8, 4) is 5.75 Å². The second-order valence-electron chi connectivity index (χ2n) is 6.39. The lowest BCUT2D eigenvalue weighted by atomic mass is 10.1. The van der Waals surface area contributed by atoms with Crippen LogP contribution in [0.25, 0.3) is 0 Å². The first-order valence-corrected chi connectivity index (χ1v) is 9.46. The number of esters is 1. The molecule has 3 aromatic rings. The van der Waals surface area contributed by atoms with Crippen LogP contribution < -0.4 is 10.2 Å². The Morgan fingerprint density at radius 2 is 1.61 bits per heavy atom. The molecule has 0 saturated carbocycles. The number of non-ortho nitro benzene ring substituents is 2. The van der Waals surface area contributed by atoms with Gasteiger partial charge in [0.25, 0.3) is 17.3 Å². The highest BCUT2D eigenvalue weighted by molar-refractivity contribution is 6.33. The molecule has 0 heterocycles. The van der Waals surface area contributed by atoms with Crippen molar-refractivity contribution < 1.29 is 24.2 Å². The summed E-state index contributed by atoms with van der Waals surface area (Å²) in [5, 5.41) is 25.9. The van der Waals surface area contributed by atoms with Crippen LogP contribution in [0, 0.1) is 20.2 Å². The summed E-state index contributed by atoms with van der Waals surface area (Å²) in [6.07, 6.45) is 1.23. The van der Waals surface area contributed by atoms with E-state index in [0.29, 0.717) is 5.56 Å². The Labute approximate surface area is 190 Å². The number of amides is 1. The van der Waals surface area contributed by atoms with Gasteiger partial charge in [-0.15, -0.1) is 0 Å². The smallest absolute Gasteiger partial charge is 0.345 e. The summed E-state index contributed by atoms with van der Waals surface area (Å²) in [7, 11) is 0. The monoisotopic (exact) mass is 468 g/mol. The van der Waals surface area contributed by atoms with Gasteiger partial charge in [0.1, 0.15) is 5.75 Å². The number of ether oxygens (including phenoxy) is 1. The minimum Gasteiger partial charge on any atom is -0.423 e. The van der Waals surface area contributed by atoms with Crippen molar-refractivity contribution in [2.24, 2.45) is 5.10 Å². The fourth-order valence-corrected chi connectivity index (χ4v) is 2.83. The van der Waals surface area contributed by atoms with Gasteiger partial charge in [-0.25, -0.2) is 10.2 Å². The quantitative estimate of drug-likeness (QED) is 0.179. The number of hydrazone groups is 1. The highest BCUT2D eigenvalue weighted by Crippen LogP contribution is 2.23. The van der Waals surface area contributed by atoms with Crippen molar-refractivity contribution in [2.75, 3.05) is 0 Å². The number of halogens is 1. The van der Waals surface area contributed by atoms with E-state index < -0.39 is 33.1 Å². The van der Waals surface area contributed by atoms with Crippen LogP contribution in [-0.2, 0) is 0 Å². The summed E-state index contributed by atoms with van der Waals surface area (Å²) in [6.45, 7) is 0. The molecule has 3 rings (SSSR count). The minimum absolute atomic E-state index is 0.191. The molecule has 0 aliphatic carbocycles. The lowest BCUT2D eigenvalue weighted by Crippen LogP contribution is -2.18. The summed E-state index contributed by atoms with van der Waals surface area (Å²) >= 11 is 5.98. The average molecular weight is 469 g/mol. The van der Waals surface area contributed by atoms with E-state index in [1.165, 1.54) is 24.4 Å². The van der Waals surface area contributed by atoms with Gasteiger partial charge in [0.15, 0.2) is 0 Å². The van der Waals surface area contributed by atoms with Crippen LogP contribution in [0.5, 0.6) is 5.75 Å². The highest BCUT2D eigenvalue weighted by Gasteiger charge is 2.19. The maximum atomic E-state index is 12.3. The lowest BCUT2D eigenvalue weighted by molar-refractivity contribution is -0.394. The third kappa shape index (κ3) is 5.95. The molecular weight excluding hydrogens is 456 g/mol. The van der Waals surface area contributed by atoms with Crippen LogP contribution in [0.4, 0.5) is 11.4 Å². The number of nitrogens with one attached hydrogen (secondary N) is 1. The van der Waals surface area contributed by atoms with Crippen molar-refractivity contribution in [2.45, 2.75) is 0 Å². The molecule has 166 valence electrons. The van der Waals surface area contributed by atoms with Gasteiger partial charge in [-0.1, -0.05) is 35.9 Å².